The lowest BCUT2D eigenvalue weighted by Crippen LogP contribution is -2.40. The van der Waals surface area contributed by atoms with E-state index < -0.39 is 49.4 Å². The first-order chi connectivity index (χ1) is 17.4. The lowest BCUT2D eigenvalue weighted by molar-refractivity contribution is -0.166. The molecule has 15 heteroatoms. The van der Waals surface area contributed by atoms with E-state index in [1.54, 1.807) is 48.5 Å². The largest absolute Gasteiger partial charge is 0.460 e. The molecule has 0 aromatic carbocycles. The van der Waals surface area contributed by atoms with Crippen LogP contribution in [0, 0.1) is 0 Å². The molecule has 2 rings (SSSR count). The van der Waals surface area contributed by atoms with Crippen LogP contribution in [0.15, 0.2) is 12.7 Å². The number of ether oxygens (including phenoxy) is 3. The first kappa shape index (κ1) is 33.4. The fraction of sp³-hybridized carbons (Fsp3) is 0.696. The van der Waals surface area contributed by atoms with E-state index in [-0.39, 0.29) is 12.8 Å². The number of nitrogens with one attached hydrogen (secondary N) is 1. The fourth-order valence-electron chi connectivity index (χ4n) is 3.08. The van der Waals surface area contributed by atoms with Crippen LogP contribution in [0.2, 0.25) is 0 Å². The molecule has 2 aromatic rings. The number of imidazole rings is 1. The molecule has 0 fully saturated rings. The summed E-state index contributed by atoms with van der Waals surface area (Å²) in [5.74, 6) is -0.581. The van der Waals surface area contributed by atoms with Gasteiger partial charge in [-0.3, -0.25) is 18.7 Å². The quantitative estimate of drug-likeness (QED) is 0.188. The van der Waals surface area contributed by atoms with Crippen molar-refractivity contribution in [3.8, 4) is 0 Å². The average Bonchev–Trinajstić information content (AvgIpc) is 3.18. The fourth-order valence-corrected chi connectivity index (χ4v) is 3.49. The molecule has 0 saturated carbocycles. The maximum Gasteiger partial charge on any atom is 0.351 e. The minimum atomic E-state index is -4.38. The van der Waals surface area contributed by atoms with Crippen LogP contribution < -0.4 is 5.32 Å². The van der Waals surface area contributed by atoms with E-state index in [0.29, 0.717) is 23.5 Å². The molecule has 0 radical (unpaired) electrons. The highest BCUT2D eigenvalue weighted by Crippen LogP contribution is 2.38. The SMILES string of the molecule is CC(C)(C)OC(=O)CC(=O)OC(C)(C)C.CCNc1ncnc2c1ncn2C(CC)(CO)OCP(=O)(O)O. The number of anilines is 1. The van der Waals surface area contributed by atoms with Crippen molar-refractivity contribution in [2.75, 3.05) is 24.8 Å². The predicted molar refractivity (Wildman–Crippen MR) is 139 cm³/mol. The van der Waals surface area contributed by atoms with Crippen molar-refractivity contribution in [3.05, 3.63) is 12.7 Å². The number of hydrogen-bond acceptors (Lipinski definition) is 11. The summed E-state index contributed by atoms with van der Waals surface area (Å²) in [5, 5.41) is 12.8. The first-order valence-electron chi connectivity index (χ1n) is 12.0. The van der Waals surface area contributed by atoms with E-state index in [4.69, 9.17) is 24.0 Å². The summed E-state index contributed by atoms with van der Waals surface area (Å²) in [6, 6.07) is 0. The Labute approximate surface area is 222 Å². The Morgan fingerprint density at radius 2 is 1.55 bits per heavy atom. The number of fused-ring (bicyclic) bond motifs is 1. The molecular formula is C23H40N5O9P. The summed E-state index contributed by atoms with van der Waals surface area (Å²) < 4.78 is 27.9. The molecule has 0 aliphatic carbocycles. The number of carbonyl (C=O) groups is 2. The van der Waals surface area contributed by atoms with Gasteiger partial charge in [-0.2, -0.15) is 0 Å². The number of aliphatic hydroxyl groups excluding tert-OH is 1. The van der Waals surface area contributed by atoms with E-state index >= 15 is 0 Å². The number of rotatable bonds is 10. The monoisotopic (exact) mass is 561 g/mol. The van der Waals surface area contributed by atoms with Crippen molar-refractivity contribution < 1.29 is 43.3 Å². The molecule has 14 nitrogen and oxygen atoms in total. The van der Waals surface area contributed by atoms with Gasteiger partial charge in [0.25, 0.3) is 0 Å². The summed E-state index contributed by atoms with van der Waals surface area (Å²) in [6.07, 6.45) is 1.87. The van der Waals surface area contributed by atoms with Gasteiger partial charge >= 0.3 is 19.5 Å². The molecule has 2 heterocycles. The van der Waals surface area contributed by atoms with E-state index in [2.05, 4.69) is 20.3 Å². The Morgan fingerprint density at radius 1 is 1.00 bits per heavy atom. The van der Waals surface area contributed by atoms with Crippen molar-refractivity contribution in [3.63, 3.8) is 0 Å². The highest BCUT2D eigenvalue weighted by Gasteiger charge is 2.35. The molecule has 4 N–H and O–H groups in total. The number of aromatic nitrogens is 4. The number of carbonyl (C=O) groups excluding carboxylic acids is 2. The first-order valence-corrected chi connectivity index (χ1v) is 13.8. The maximum atomic E-state index is 11.2. The van der Waals surface area contributed by atoms with Crippen LogP contribution in [-0.2, 0) is 34.1 Å². The second-order valence-electron chi connectivity index (χ2n) is 10.3. The topological polar surface area (TPSA) is 195 Å². The standard InChI is InChI=1S/C12H20N5O5P.C11H20O4/c1-3-12(5-18,22-8-23(19,20)21)17-7-16-9-10(13-4-2)14-6-15-11(9)17;1-10(2,3)14-8(12)7-9(13)15-11(4,5)6/h6-7,18H,3-5,8H2,1-2H3,(H,13,14,15)(H2,19,20,21);7H2,1-6H3. The lowest BCUT2D eigenvalue weighted by Gasteiger charge is -2.32. The van der Waals surface area contributed by atoms with E-state index in [0.717, 1.165) is 0 Å². The molecule has 38 heavy (non-hydrogen) atoms. The van der Waals surface area contributed by atoms with Crippen molar-refractivity contribution in [1.29, 1.82) is 0 Å². The third-order valence-corrected chi connectivity index (χ3v) is 5.01. The van der Waals surface area contributed by atoms with Crippen LogP contribution >= 0.6 is 7.60 Å². The lowest BCUT2D eigenvalue weighted by atomic mass is 10.1. The molecule has 0 aliphatic heterocycles. The van der Waals surface area contributed by atoms with Gasteiger partial charge in [-0.15, -0.1) is 0 Å². The number of hydrogen-bond donors (Lipinski definition) is 4. The van der Waals surface area contributed by atoms with Gasteiger partial charge in [-0.25, -0.2) is 15.0 Å². The predicted octanol–water partition coefficient (Wildman–Crippen LogP) is 2.52. The number of aliphatic hydroxyl groups is 1. The number of esters is 2. The Kier molecular flexibility index (Phi) is 11.8. The molecular weight excluding hydrogens is 521 g/mol. The van der Waals surface area contributed by atoms with Gasteiger partial charge in [-0.05, 0) is 54.9 Å². The normalized spacial score (nSPS) is 13.8. The molecule has 0 aliphatic rings. The minimum absolute atomic E-state index is 0.259. The van der Waals surface area contributed by atoms with Crippen LogP contribution in [0.3, 0.4) is 0 Å². The Balaban J connectivity index is 0.000000420. The summed E-state index contributed by atoms with van der Waals surface area (Å²) in [7, 11) is -4.38. The zero-order valence-electron chi connectivity index (χ0n) is 23.2. The minimum Gasteiger partial charge on any atom is -0.460 e. The van der Waals surface area contributed by atoms with Gasteiger partial charge in [0.2, 0.25) is 0 Å². The van der Waals surface area contributed by atoms with Crippen LogP contribution in [0.5, 0.6) is 0 Å². The highest BCUT2D eigenvalue weighted by atomic mass is 31.2. The van der Waals surface area contributed by atoms with Crippen LogP contribution in [0.1, 0.15) is 68.2 Å². The molecule has 0 bridgehead atoms. The summed E-state index contributed by atoms with van der Waals surface area (Å²) in [6.45, 7) is 14.3. The zero-order chi connectivity index (χ0) is 29.4. The van der Waals surface area contributed by atoms with Crippen molar-refractivity contribution >= 4 is 36.5 Å². The molecule has 1 atom stereocenters. The van der Waals surface area contributed by atoms with E-state index in [1.807, 2.05) is 6.92 Å². The summed E-state index contributed by atoms with van der Waals surface area (Å²) >= 11 is 0. The van der Waals surface area contributed by atoms with Gasteiger partial charge < -0.3 is 34.4 Å². The van der Waals surface area contributed by atoms with Gasteiger partial charge in [0.05, 0.1) is 12.9 Å². The average molecular weight is 562 g/mol. The van der Waals surface area contributed by atoms with Crippen LogP contribution in [0.25, 0.3) is 11.2 Å². The van der Waals surface area contributed by atoms with Gasteiger partial charge in [0.15, 0.2) is 29.1 Å². The van der Waals surface area contributed by atoms with Crippen LogP contribution in [0.4, 0.5) is 5.82 Å². The summed E-state index contributed by atoms with van der Waals surface area (Å²) in [4.78, 5) is 53.0. The van der Waals surface area contributed by atoms with Crippen molar-refractivity contribution in [2.24, 2.45) is 0 Å². The molecule has 1 unspecified atom stereocenters. The van der Waals surface area contributed by atoms with Crippen molar-refractivity contribution in [1.82, 2.24) is 19.5 Å². The maximum absolute atomic E-state index is 11.2. The second kappa shape index (κ2) is 13.4. The molecule has 0 amide bonds. The molecule has 216 valence electrons. The Hall–Kier alpha value is -2.64. The summed E-state index contributed by atoms with van der Waals surface area (Å²) in [5.41, 5.74) is -1.62. The van der Waals surface area contributed by atoms with Crippen LogP contribution in [-0.4, -0.2) is 77.1 Å². The van der Waals surface area contributed by atoms with E-state index in [1.165, 1.54) is 17.2 Å². The van der Waals surface area contributed by atoms with Gasteiger partial charge in [0.1, 0.15) is 24.0 Å². The van der Waals surface area contributed by atoms with E-state index in [9.17, 15) is 19.3 Å². The Bertz CT molecular complexity index is 1090. The van der Waals surface area contributed by atoms with Gasteiger partial charge in [0, 0.05) is 6.54 Å². The smallest absolute Gasteiger partial charge is 0.351 e. The highest BCUT2D eigenvalue weighted by molar-refractivity contribution is 7.51. The van der Waals surface area contributed by atoms with Gasteiger partial charge in [-0.1, -0.05) is 6.92 Å². The molecule has 0 spiro atoms. The third kappa shape index (κ3) is 11.0. The number of nitrogens with zero attached hydrogens (tertiary/aromatic N) is 4. The van der Waals surface area contributed by atoms with Crippen molar-refractivity contribution in [2.45, 2.75) is 85.2 Å². The molecule has 0 saturated heterocycles. The second-order valence-corrected chi connectivity index (χ2v) is 11.9. The molecule has 2 aromatic heterocycles. The Morgan fingerprint density at radius 3 is 1.97 bits per heavy atom. The third-order valence-electron chi connectivity index (χ3n) is 4.55. The zero-order valence-corrected chi connectivity index (χ0v) is 24.1.